The van der Waals surface area contributed by atoms with Gasteiger partial charge in [-0.2, -0.15) is 0 Å². The first-order valence-corrected chi connectivity index (χ1v) is 13.0. The topological polar surface area (TPSA) is 87.2 Å². The molecule has 0 aromatic carbocycles. The van der Waals surface area contributed by atoms with Gasteiger partial charge in [0.1, 0.15) is 6.04 Å². The van der Waals surface area contributed by atoms with E-state index in [1.165, 1.54) is 0 Å². The van der Waals surface area contributed by atoms with Crippen LogP contribution in [0.15, 0.2) is 12.7 Å². The van der Waals surface area contributed by atoms with E-state index in [1.807, 2.05) is 34.6 Å². The SMILES string of the molecule is C=CCN(C(=O)C1N([C@@H](CO)C(C)C)C(=O)[C@@H]2[C@@H](C(=O)OCC)[C@H]3CC(C)C12S3)C(C)(C)C. The van der Waals surface area contributed by atoms with Crippen molar-refractivity contribution in [2.24, 2.45) is 23.7 Å². The number of fused-ring (bicyclic) bond motifs is 1. The van der Waals surface area contributed by atoms with Crippen molar-refractivity contribution in [3.63, 3.8) is 0 Å². The maximum atomic E-state index is 14.3. The van der Waals surface area contributed by atoms with Gasteiger partial charge in [0.15, 0.2) is 0 Å². The van der Waals surface area contributed by atoms with Gasteiger partial charge < -0.3 is 19.6 Å². The maximum Gasteiger partial charge on any atom is 0.310 e. The van der Waals surface area contributed by atoms with Crippen LogP contribution in [0, 0.1) is 23.7 Å². The largest absolute Gasteiger partial charge is 0.466 e. The van der Waals surface area contributed by atoms with Crippen LogP contribution in [0.5, 0.6) is 0 Å². The molecule has 1 N–H and O–H groups in total. The summed E-state index contributed by atoms with van der Waals surface area (Å²) in [6, 6.07) is -1.26. The maximum absolute atomic E-state index is 14.3. The molecule has 3 rings (SSSR count). The van der Waals surface area contributed by atoms with Gasteiger partial charge in [-0.15, -0.1) is 18.3 Å². The summed E-state index contributed by atoms with van der Waals surface area (Å²) >= 11 is 1.63. The first-order chi connectivity index (χ1) is 15.4. The van der Waals surface area contributed by atoms with Crippen LogP contribution in [0.1, 0.15) is 54.9 Å². The Hall–Kier alpha value is -1.54. The number of nitrogens with zero attached hydrogens (tertiary/aromatic N) is 2. The molecule has 3 heterocycles. The van der Waals surface area contributed by atoms with E-state index in [0.29, 0.717) is 6.54 Å². The number of ether oxygens (including phenoxy) is 1. The van der Waals surface area contributed by atoms with Crippen molar-refractivity contribution >= 4 is 29.5 Å². The van der Waals surface area contributed by atoms with E-state index in [2.05, 4.69) is 13.5 Å². The minimum absolute atomic E-state index is 0.0421. The van der Waals surface area contributed by atoms with Crippen molar-refractivity contribution in [3.8, 4) is 0 Å². The number of carbonyl (C=O) groups excluding carboxylic acids is 3. The van der Waals surface area contributed by atoms with Gasteiger partial charge in [-0.1, -0.05) is 26.8 Å². The molecule has 1 spiro atoms. The second-order valence-electron chi connectivity index (χ2n) is 11.0. The summed E-state index contributed by atoms with van der Waals surface area (Å²) < 4.78 is 4.67. The zero-order valence-electron chi connectivity index (χ0n) is 21.0. The van der Waals surface area contributed by atoms with Crippen LogP contribution >= 0.6 is 11.8 Å². The zero-order chi connectivity index (χ0) is 24.9. The molecule has 3 aliphatic rings. The van der Waals surface area contributed by atoms with Crippen molar-refractivity contribution in [2.75, 3.05) is 19.8 Å². The first-order valence-electron chi connectivity index (χ1n) is 12.1. The smallest absolute Gasteiger partial charge is 0.310 e. The monoisotopic (exact) mass is 480 g/mol. The molecule has 3 unspecified atom stereocenters. The highest BCUT2D eigenvalue weighted by atomic mass is 32.2. The Morgan fingerprint density at radius 1 is 1.39 bits per heavy atom. The van der Waals surface area contributed by atoms with Gasteiger partial charge >= 0.3 is 5.97 Å². The fraction of sp³-hybridized carbons (Fsp3) is 0.800. The summed E-state index contributed by atoms with van der Waals surface area (Å²) in [4.78, 5) is 44.8. The Labute approximate surface area is 202 Å². The van der Waals surface area contributed by atoms with E-state index in [0.717, 1.165) is 6.42 Å². The molecule has 7 nitrogen and oxygen atoms in total. The van der Waals surface area contributed by atoms with Crippen LogP contribution < -0.4 is 0 Å². The number of rotatable bonds is 8. The predicted molar refractivity (Wildman–Crippen MR) is 130 cm³/mol. The highest BCUT2D eigenvalue weighted by molar-refractivity contribution is 8.02. The van der Waals surface area contributed by atoms with Gasteiger partial charge in [-0.25, -0.2) is 0 Å². The quantitative estimate of drug-likeness (QED) is 0.425. The molecule has 2 bridgehead atoms. The molecule has 2 amide bonds. The molecule has 0 aromatic rings. The fourth-order valence-corrected chi connectivity index (χ4v) is 8.58. The minimum atomic E-state index is -0.752. The summed E-state index contributed by atoms with van der Waals surface area (Å²) in [6.45, 7) is 17.9. The molecule has 0 aliphatic carbocycles. The standard InChI is InChI=1S/C25H40N2O5S/c1-9-11-26(24(6,7)8)22(30)20-25-15(5)12-17(33-25)18(23(31)32-10-2)19(25)21(29)27(20)16(13-28)14(3)4/h9,14-20,28H,1,10-13H2,2-8H3/t15?,16-,17+,18-,19-,20?,25?/m0/s1. The molecule has 3 fully saturated rings. The first kappa shape index (κ1) is 26.1. The van der Waals surface area contributed by atoms with Crippen LogP contribution in [0.3, 0.4) is 0 Å². The second kappa shape index (κ2) is 9.25. The normalized spacial score (nSPS) is 33.9. The number of amides is 2. The van der Waals surface area contributed by atoms with Crippen molar-refractivity contribution in [3.05, 3.63) is 12.7 Å². The number of hydrogen-bond donors (Lipinski definition) is 1. The lowest BCUT2D eigenvalue weighted by Gasteiger charge is -2.45. The lowest BCUT2D eigenvalue weighted by Crippen LogP contribution is -2.62. The summed E-state index contributed by atoms with van der Waals surface area (Å²) in [5.74, 6) is -1.85. The third-order valence-corrected chi connectivity index (χ3v) is 9.75. The van der Waals surface area contributed by atoms with Crippen LogP contribution in [0.4, 0.5) is 0 Å². The van der Waals surface area contributed by atoms with E-state index in [-0.39, 0.29) is 48.1 Å². The molecule has 0 saturated carbocycles. The van der Waals surface area contributed by atoms with Gasteiger partial charge in [0.05, 0.1) is 35.8 Å². The van der Waals surface area contributed by atoms with Gasteiger partial charge in [-0.05, 0) is 46.0 Å². The highest BCUT2D eigenvalue weighted by Gasteiger charge is 2.77. The van der Waals surface area contributed by atoms with Crippen LogP contribution in [0.2, 0.25) is 0 Å². The number of carbonyl (C=O) groups is 3. The van der Waals surface area contributed by atoms with E-state index >= 15 is 0 Å². The fourth-order valence-electron chi connectivity index (χ4n) is 6.19. The molecule has 33 heavy (non-hydrogen) atoms. The zero-order valence-corrected chi connectivity index (χ0v) is 21.9. The Morgan fingerprint density at radius 2 is 2.03 bits per heavy atom. The van der Waals surface area contributed by atoms with Crippen molar-refractivity contribution in [1.29, 1.82) is 0 Å². The number of hydrogen-bond acceptors (Lipinski definition) is 6. The van der Waals surface area contributed by atoms with Crippen LogP contribution in [0.25, 0.3) is 0 Å². The van der Waals surface area contributed by atoms with Crippen molar-refractivity contribution in [1.82, 2.24) is 9.80 Å². The molecule has 3 saturated heterocycles. The number of likely N-dealkylation sites (tertiary alicyclic amines) is 1. The second-order valence-corrected chi connectivity index (χ2v) is 12.5. The Balaban J connectivity index is 2.19. The van der Waals surface area contributed by atoms with Crippen LogP contribution in [-0.2, 0) is 19.1 Å². The third kappa shape index (κ3) is 3.91. The minimum Gasteiger partial charge on any atom is -0.466 e. The number of aliphatic hydroxyl groups excluding tert-OH is 1. The summed E-state index contributed by atoms with van der Waals surface area (Å²) in [5.41, 5.74) is -0.480. The molecular formula is C25H40N2O5S. The van der Waals surface area contributed by atoms with Crippen molar-refractivity contribution < 1.29 is 24.2 Å². The van der Waals surface area contributed by atoms with Gasteiger partial charge in [0.2, 0.25) is 11.8 Å². The molecule has 186 valence electrons. The summed E-state index contributed by atoms with van der Waals surface area (Å²) in [5, 5.41) is 10.3. The van der Waals surface area contributed by atoms with Crippen molar-refractivity contribution in [2.45, 2.75) is 82.5 Å². The van der Waals surface area contributed by atoms with E-state index < -0.39 is 34.2 Å². The number of esters is 1. The lowest BCUT2D eigenvalue weighted by atomic mass is 9.66. The Morgan fingerprint density at radius 3 is 2.52 bits per heavy atom. The van der Waals surface area contributed by atoms with Gasteiger partial charge in [-0.3, -0.25) is 14.4 Å². The highest BCUT2D eigenvalue weighted by Crippen LogP contribution is 2.69. The number of aliphatic hydroxyl groups is 1. The lowest BCUT2D eigenvalue weighted by molar-refractivity contribution is -0.154. The van der Waals surface area contributed by atoms with E-state index in [4.69, 9.17) is 4.74 Å². The average Bonchev–Trinajstić information content (AvgIpc) is 3.30. The number of thioether (sulfide) groups is 1. The Kier molecular flexibility index (Phi) is 7.31. The third-order valence-electron chi connectivity index (χ3n) is 7.68. The molecule has 0 aromatic heterocycles. The molecule has 0 radical (unpaired) electrons. The predicted octanol–water partition coefficient (Wildman–Crippen LogP) is 2.72. The molecule has 3 aliphatic heterocycles. The van der Waals surface area contributed by atoms with Gasteiger partial charge in [0, 0.05) is 17.3 Å². The van der Waals surface area contributed by atoms with Gasteiger partial charge in [0.25, 0.3) is 0 Å². The summed E-state index contributed by atoms with van der Waals surface area (Å²) in [6.07, 6.45) is 2.47. The molecule has 7 atom stereocenters. The van der Waals surface area contributed by atoms with E-state index in [9.17, 15) is 19.5 Å². The average molecular weight is 481 g/mol. The molecule has 8 heteroatoms. The Bertz CT molecular complexity index is 809. The van der Waals surface area contributed by atoms with Crippen LogP contribution in [-0.4, -0.2) is 80.1 Å². The summed E-state index contributed by atoms with van der Waals surface area (Å²) in [7, 11) is 0. The molecular weight excluding hydrogens is 440 g/mol. The van der Waals surface area contributed by atoms with E-state index in [1.54, 1.807) is 34.6 Å².